The van der Waals surface area contributed by atoms with Crippen molar-refractivity contribution in [3.63, 3.8) is 0 Å². The fourth-order valence-electron chi connectivity index (χ4n) is 3.09. The SMILES string of the molecule is CCCC1CNC(C(C)CC)CN1Cc1cccnc1. The highest BCUT2D eigenvalue weighted by atomic mass is 15.2. The Bertz CT molecular complexity index is 379. The molecule has 1 aliphatic heterocycles. The number of nitrogens with one attached hydrogen (secondary N) is 1. The summed E-state index contributed by atoms with van der Waals surface area (Å²) >= 11 is 0. The summed E-state index contributed by atoms with van der Waals surface area (Å²) in [5, 5.41) is 3.76. The van der Waals surface area contributed by atoms with Gasteiger partial charge < -0.3 is 5.32 Å². The minimum Gasteiger partial charge on any atom is -0.311 e. The fraction of sp³-hybridized carbons (Fsp3) is 0.706. The average Bonchev–Trinajstić information content (AvgIpc) is 2.49. The van der Waals surface area contributed by atoms with E-state index >= 15 is 0 Å². The van der Waals surface area contributed by atoms with Gasteiger partial charge in [-0.15, -0.1) is 0 Å². The van der Waals surface area contributed by atoms with Crippen molar-refractivity contribution in [3.8, 4) is 0 Å². The van der Waals surface area contributed by atoms with Gasteiger partial charge >= 0.3 is 0 Å². The maximum absolute atomic E-state index is 4.25. The van der Waals surface area contributed by atoms with Crippen molar-refractivity contribution in [1.82, 2.24) is 15.2 Å². The van der Waals surface area contributed by atoms with Crippen molar-refractivity contribution in [2.75, 3.05) is 13.1 Å². The second-order valence-corrected chi connectivity index (χ2v) is 6.13. The van der Waals surface area contributed by atoms with Crippen LogP contribution in [0.25, 0.3) is 0 Å². The van der Waals surface area contributed by atoms with Crippen LogP contribution in [0.4, 0.5) is 0 Å². The Morgan fingerprint density at radius 1 is 1.45 bits per heavy atom. The summed E-state index contributed by atoms with van der Waals surface area (Å²) in [6.07, 6.45) is 7.64. The highest BCUT2D eigenvalue weighted by molar-refractivity contribution is 5.09. The van der Waals surface area contributed by atoms with Gasteiger partial charge in [-0.25, -0.2) is 0 Å². The number of pyridine rings is 1. The van der Waals surface area contributed by atoms with Crippen molar-refractivity contribution >= 4 is 0 Å². The zero-order valence-corrected chi connectivity index (χ0v) is 13.2. The van der Waals surface area contributed by atoms with E-state index in [1.165, 1.54) is 24.8 Å². The molecular weight excluding hydrogens is 246 g/mol. The van der Waals surface area contributed by atoms with Crippen LogP contribution in [0.1, 0.15) is 45.6 Å². The second-order valence-electron chi connectivity index (χ2n) is 6.13. The number of aromatic nitrogens is 1. The Hall–Kier alpha value is -0.930. The summed E-state index contributed by atoms with van der Waals surface area (Å²) in [7, 11) is 0. The highest BCUT2D eigenvalue weighted by Gasteiger charge is 2.29. The van der Waals surface area contributed by atoms with Crippen molar-refractivity contribution in [1.29, 1.82) is 0 Å². The van der Waals surface area contributed by atoms with Gasteiger partial charge in [0.2, 0.25) is 0 Å². The molecule has 1 saturated heterocycles. The third-order valence-electron chi connectivity index (χ3n) is 4.62. The summed E-state index contributed by atoms with van der Waals surface area (Å²) in [6.45, 7) is 10.3. The average molecular weight is 275 g/mol. The molecule has 0 bridgehead atoms. The summed E-state index contributed by atoms with van der Waals surface area (Å²) in [5.41, 5.74) is 1.33. The second kappa shape index (κ2) is 7.75. The molecule has 1 aliphatic rings. The first-order valence-electron chi connectivity index (χ1n) is 8.10. The lowest BCUT2D eigenvalue weighted by atomic mass is 9.94. The van der Waals surface area contributed by atoms with Crippen molar-refractivity contribution in [2.24, 2.45) is 5.92 Å². The highest BCUT2D eigenvalue weighted by Crippen LogP contribution is 2.20. The predicted octanol–water partition coefficient (Wildman–Crippen LogP) is 3.07. The number of rotatable bonds is 6. The lowest BCUT2D eigenvalue weighted by molar-refractivity contribution is 0.0959. The van der Waals surface area contributed by atoms with Crippen molar-refractivity contribution in [3.05, 3.63) is 30.1 Å². The summed E-state index contributed by atoms with van der Waals surface area (Å²) in [5.74, 6) is 0.744. The van der Waals surface area contributed by atoms with Gasteiger partial charge in [0.25, 0.3) is 0 Å². The first-order valence-corrected chi connectivity index (χ1v) is 8.10. The molecule has 0 saturated carbocycles. The standard InChI is InChI=1S/C17H29N3/c1-4-7-16-11-19-17(14(3)5-2)13-20(16)12-15-8-6-9-18-10-15/h6,8-10,14,16-17,19H,4-5,7,11-13H2,1-3H3. The first-order chi connectivity index (χ1) is 9.74. The Balaban J connectivity index is 2.02. The van der Waals surface area contributed by atoms with Gasteiger partial charge in [-0.3, -0.25) is 9.88 Å². The summed E-state index contributed by atoms with van der Waals surface area (Å²) in [4.78, 5) is 6.91. The van der Waals surface area contributed by atoms with Gasteiger partial charge in [0, 0.05) is 44.1 Å². The minimum atomic E-state index is 0.629. The lowest BCUT2D eigenvalue weighted by Gasteiger charge is -2.42. The van der Waals surface area contributed by atoms with Crippen LogP contribution in [-0.4, -0.2) is 35.1 Å². The molecule has 1 N–H and O–H groups in total. The van der Waals surface area contributed by atoms with E-state index in [0.717, 1.165) is 25.6 Å². The van der Waals surface area contributed by atoms with E-state index in [0.29, 0.717) is 12.1 Å². The molecule has 1 aromatic rings. The molecule has 0 amide bonds. The number of nitrogens with zero attached hydrogens (tertiary/aromatic N) is 2. The van der Waals surface area contributed by atoms with Crippen LogP contribution in [0.2, 0.25) is 0 Å². The zero-order valence-electron chi connectivity index (χ0n) is 13.2. The first kappa shape index (κ1) is 15.5. The molecule has 3 unspecified atom stereocenters. The van der Waals surface area contributed by atoms with Crippen LogP contribution < -0.4 is 5.32 Å². The van der Waals surface area contributed by atoms with Crippen molar-refractivity contribution in [2.45, 2.75) is 58.7 Å². The van der Waals surface area contributed by atoms with Gasteiger partial charge in [-0.05, 0) is 24.0 Å². The normalized spacial score (nSPS) is 25.6. The number of hydrogen-bond donors (Lipinski definition) is 1. The largest absolute Gasteiger partial charge is 0.311 e. The molecule has 3 nitrogen and oxygen atoms in total. The van der Waals surface area contributed by atoms with E-state index < -0.39 is 0 Å². The van der Waals surface area contributed by atoms with E-state index in [1.807, 2.05) is 18.5 Å². The molecule has 2 rings (SSSR count). The number of hydrogen-bond acceptors (Lipinski definition) is 3. The van der Waals surface area contributed by atoms with Gasteiger partial charge in [-0.1, -0.05) is 39.7 Å². The monoisotopic (exact) mass is 275 g/mol. The van der Waals surface area contributed by atoms with E-state index in [9.17, 15) is 0 Å². The molecule has 1 aromatic heterocycles. The quantitative estimate of drug-likeness (QED) is 0.865. The maximum Gasteiger partial charge on any atom is 0.0312 e. The van der Waals surface area contributed by atoms with E-state index in [-0.39, 0.29) is 0 Å². The molecule has 1 fully saturated rings. The molecule has 20 heavy (non-hydrogen) atoms. The molecule has 3 heteroatoms. The molecule has 0 radical (unpaired) electrons. The molecule has 0 aliphatic carbocycles. The molecular formula is C17H29N3. The Labute approximate surface area is 123 Å². The topological polar surface area (TPSA) is 28.2 Å². The van der Waals surface area contributed by atoms with Crippen LogP contribution >= 0.6 is 0 Å². The molecule has 3 atom stereocenters. The van der Waals surface area contributed by atoms with Gasteiger partial charge in [-0.2, -0.15) is 0 Å². The number of piperazine rings is 1. The van der Waals surface area contributed by atoms with Crippen LogP contribution in [0.5, 0.6) is 0 Å². The smallest absolute Gasteiger partial charge is 0.0312 e. The van der Waals surface area contributed by atoms with Crippen LogP contribution in [0.3, 0.4) is 0 Å². The minimum absolute atomic E-state index is 0.629. The Morgan fingerprint density at radius 3 is 2.95 bits per heavy atom. The van der Waals surface area contributed by atoms with Crippen LogP contribution in [0.15, 0.2) is 24.5 Å². The van der Waals surface area contributed by atoms with Gasteiger partial charge in [0.15, 0.2) is 0 Å². The zero-order chi connectivity index (χ0) is 14.4. The molecule has 0 spiro atoms. The van der Waals surface area contributed by atoms with Gasteiger partial charge in [0.1, 0.15) is 0 Å². The summed E-state index contributed by atoms with van der Waals surface area (Å²) < 4.78 is 0. The summed E-state index contributed by atoms with van der Waals surface area (Å²) in [6, 6.07) is 5.53. The van der Waals surface area contributed by atoms with Crippen LogP contribution in [-0.2, 0) is 6.54 Å². The van der Waals surface area contributed by atoms with Gasteiger partial charge in [0.05, 0.1) is 0 Å². The van der Waals surface area contributed by atoms with E-state index in [1.54, 1.807) is 0 Å². The van der Waals surface area contributed by atoms with E-state index in [4.69, 9.17) is 0 Å². The molecule has 2 heterocycles. The van der Waals surface area contributed by atoms with E-state index in [2.05, 4.69) is 42.0 Å². The third kappa shape index (κ3) is 4.03. The fourth-order valence-corrected chi connectivity index (χ4v) is 3.09. The molecule has 0 aromatic carbocycles. The van der Waals surface area contributed by atoms with Crippen molar-refractivity contribution < 1.29 is 0 Å². The van der Waals surface area contributed by atoms with Crippen LogP contribution in [0, 0.1) is 5.92 Å². The predicted molar refractivity (Wildman–Crippen MR) is 84.6 cm³/mol. The third-order valence-corrected chi connectivity index (χ3v) is 4.62. The molecule has 112 valence electrons. The lowest BCUT2D eigenvalue weighted by Crippen LogP contribution is -2.57. The maximum atomic E-state index is 4.25. The Kier molecular flexibility index (Phi) is 5.99. The Morgan fingerprint density at radius 2 is 2.30 bits per heavy atom.